The lowest BCUT2D eigenvalue weighted by atomic mass is 10.1. The zero-order valence-electron chi connectivity index (χ0n) is 11.1. The molecule has 0 spiro atoms. The average Bonchev–Trinajstić information content (AvgIpc) is 2.13. The van der Waals surface area contributed by atoms with Gasteiger partial charge in [0.15, 0.2) is 0 Å². The highest BCUT2D eigenvalue weighted by Crippen LogP contribution is 2.19. The van der Waals surface area contributed by atoms with Crippen LogP contribution in [0.25, 0.3) is 0 Å². The summed E-state index contributed by atoms with van der Waals surface area (Å²) >= 11 is 0. The van der Waals surface area contributed by atoms with Crippen molar-refractivity contribution >= 4 is 23.2 Å². The summed E-state index contributed by atoms with van der Waals surface area (Å²) in [7, 11) is 0. The number of nitrogens with two attached hydrogens (primary N) is 1. The Balaban J connectivity index is 2.78. The molecule has 0 aromatic heterocycles. The maximum Gasteiger partial charge on any atom is 0.412 e. The number of carbonyl (C=O) groups is 1. The molecule has 4 N–H and O–H groups in total. The Labute approximate surface area is 107 Å². The molecule has 1 aromatic rings. The molecule has 0 aliphatic carbocycles. The number of benzene rings is 1. The average molecular weight is 249 g/mol. The third-order valence-electron chi connectivity index (χ3n) is 2.10. The first-order valence-electron chi connectivity index (χ1n) is 5.64. The number of hydrogen-bond acceptors (Lipinski definition) is 4. The summed E-state index contributed by atoms with van der Waals surface area (Å²) < 4.78 is 5.13. The summed E-state index contributed by atoms with van der Waals surface area (Å²) in [6.07, 6.45) is -0.527. The Morgan fingerprint density at radius 3 is 2.44 bits per heavy atom. The topological polar surface area (TPSA) is 88.2 Å². The van der Waals surface area contributed by atoms with Crippen LogP contribution in [0.2, 0.25) is 0 Å². The van der Waals surface area contributed by atoms with Crippen LogP contribution < -0.4 is 11.1 Å². The van der Waals surface area contributed by atoms with E-state index < -0.39 is 11.7 Å². The van der Waals surface area contributed by atoms with Gasteiger partial charge < -0.3 is 15.9 Å². The van der Waals surface area contributed by atoms with Crippen molar-refractivity contribution in [3.8, 4) is 0 Å². The minimum Gasteiger partial charge on any atom is -0.444 e. The Hall–Kier alpha value is -2.04. The molecular weight excluding hydrogens is 230 g/mol. The summed E-state index contributed by atoms with van der Waals surface area (Å²) in [6.45, 7) is 7.04. The van der Waals surface area contributed by atoms with Gasteiger partial charge in [0.1, 0.15) is 5.60 Å². The summed E-state index contributed by atoms with van der Waals surface area (Å²) in [5.74, 6) is 0. The zero-order valence-corrected chi connectivity index (χ0v) is 11.1. The number of nitrogens with one attached hydrogen (secondary N) is 2. The smallest absolute Gasteiger partial charge is 0.412 e. The quantitative estimate of drug-likeness (QED) is 0.556. The first-order chi connectivity index (χ1) is 8.19. The van der Waals surface area contributed by atoms with Gasteiger partial charge in [0.25, 0.3) is 0 Å². The van der Waals surface area contributed by atoms with Crippen molar-refractivity contribution in [1.29, 1.82) is 5.41 Å². The second-order valence-corrected chi connectivity index (χ2v) is 5.05. The minimum atomic E-state index is -0.541. The second kappa shape index (κ2) is 5.08. The van der Waals surface area contributed by atoms with Crippen LogP contribution in [-0.4, -0.2) is 17.4 Å². The Kier molecular flexibility index (Phi) is 3.96. The monoisotopic (exact) mass is 249 g/mol. The molecule has 0 heterocycles. The van der Waals surface area contributed by atoms with Crippen LogP contribution in [0.1, 0.15) is 33.3 Å². The highest BCUT2D eigenvalue weighted by atomic mass is 16.6. The van der Waals surface area contributed by atoms with Crippen molar-refractivity contribution in [3.63, 3.8) is 0 Å². The number of hydrogen-bond donors (Lipinski definition) is 3. The van der Waals surface area contributed by atoms with E-state index in [9.17, 15) is 4.79 Å². The molecule has 0 saturated heterocycles. The fourth-order valence-electron chi connectivity index (χ4n) is 1.40. The number of anilines is 2. The molecule has 0 bridgehead atoms. The SMILES string of the molecule is CC(=N)c1ccc(NC(=O)OC(C)(C)C)cc1N. The third-order valence-corrected chi connectivity index (χ3v) is 2.10. The number of carbonyl (C=O) groups excluding carboxylic acids is 1. The van der Waals surface area contributed by atoms with Crippen molar-refractivity contribution in [2.45, 2.75) is 33.3 Å². The predicted molar refractivity (Wildman–Crippen MR) is 73.2 cm³/mol. The molecule has 0 fully saturated rings. The molecule has 98 valence electrons. The van der Waals surface area contributed by atoms with Crippen LogP contribution in [0.5, 0.6) is 0 Å². The van der Waals surface area contributed by atoms with E-state index >= 15 is 0 Å². The predicted octanol–water partition coefficient (Wildman–Crippen LogP) is 3.00. The van der Waals surface area contributed by atoms with Crippen molar-refractivity contribution in [1.82, 2.24) is 0 Å². The molecule has 5 heteroatoms. The van der Waals surface area contributed by atoms with Gasteiger partial charge in [-0.1, -0.05) is 0 Å². The third kappa shape index (κ3) is 4.08. The molecule has 0 radical (unpaired) electrons. The molecule has 0 unspecified atom stereocenters. The fraction of sp³-hybridized carbons (Fsp3) is 0.385. The Bertz CT molecular complexity index is 476. The lowest BCUT2D eigenvalue weighted by Crippen LogP contribution is -2.27. The van der Waals surface area contributed by atoms with Gasteiger partial charge in [-0.3, -0.25) is 5.32 Å². The summed E-state index contributed by atoms with van der Waals surface area (Å²) in [6, 6.07) is 5.00. The van der Waals surface area contributed by atoms with Crippen LogP contribution in [0.3, 0.4) is 0 Å². The Morgan fingerprint density at radius 2 is 2.00 bits per heavy atom. The number of amides is 1. The summed E-state index contributed by atoms with van der Waals surface area (Å²) in [5, 5.41) is 10.1. The molecule has 0 saturated carbocycles. The molecular formula is C13H19N3O2. The maximum atomic E-state index is 11.5. The molecule has 1 rings (SSSR count). The standard InChI is InChI=1S/C13H19N3O2/c1-8(14)10-6-5-9(7-11(10)15)16-12(17)18-13(2,3)4/h5-7,14H,15H2,1-4H3,(H,16,17). The highest BCUT2D eigenvalue weighted by molar-refractivity contribution is 6.01. The van der Waals surface area contributed by atoms with E-state index in [4.69, 9.17) is 15.9 Å². The molecule has 5 nitrogen and oxygen atoms in total. The fourth-order valence-corrected chi connectivity index (χ4v) is 1.40. The van der Waals surface area contributed by atoms with Gasteiger partial charge in [0.2, 0.25) is 0 Å². The van der Waals surface area contributed by atoms with Crippen LogP contribution in [0.4, 0.5) is 16.2 Å². The van der Waals surface area contributed by atoms with Gasteiger partial charge in [0, 0.05) is 22.6 Å². The number of nitrogen functional groups attached to an aromatic ring is 1. The molecule has 0 aliphatic heterocycles. The number of rotatable bonds is 2. The van der Waals surface area contributed by atoms with E-state index in [1.54, 1.807) is 45.9 Å². The van der Waals surface area contributed by atoms with E-state index in [1.165, 1.54) is 0 Å². The molecule has 0 aliphatic rings. The Morgan fingerprint density at radius 1 is 1.39 bits per heavy atom. The van der Waals surface area contributed by atoms with E-state index in [0.717, 1.165) is 0 Å². The largest absolute Gasteiger partial charge is 0.444 e. The van der Waals surface area contributed by atoms with Gasteiger partial charge in [-0.05, 0) is 45.9 Å². The molecule has 1 aromatic carbocycles. The van der Waals surface area contributed by atoms with Crippen LogP contribution in [0.15, 0.2) is 18.2 Å². The van der Waals surface area contributed by atoms with Gasteiger partial charge >= 0.3 is 6.09 Å². The van der Waals surface area contributed by atoms with E-state index in [0.29, 0.717) is 22.6 Å². The van der Waals surface area contributed by atoms with Crippen molar-refractivity contribution < 1.29 is 9.53 Å². The zero-order chi connectivity index (χ0) is 13.9. The second-order valence-electron chi connectivity index (χ2n) is 5.05. The van der Waals surface area contributed by atoms with E-state index in [2.05, 4.69) is 5.32 Å². The van der Waals surface area contributed by atoms with Crippen LogP contribution >= 0.6 is 0 Å². The highest BCUT2D eigenvalue weighted by Gasteiger charge is 2.16. The summed E-state index contributed by atoms with van der Waals surface area (Å²) in [4.78, 5) is 11.5. The van der Waals surface area contributed by atoms with Crippen LogP contribution in [-0.2, 0) is 4.74 Å². The lowest BCUT2D eigenvalue weighted by Gasteiger charge is -2.19. The van der Waals surface area contributed by atoms with Gasteiger partial charge in [-0.2, -0.15) is 0 Å². The maximum absolute atomic E-state index is 11.5. The normalized spacial score (nSPS) is 10.9. The van der Waals surface area contributed by atoms with Gasteiger partial charge in [0.05, 0.1) is 0 Å². The van der Waals surface area contributed by atoms with Crippen molar-refractivity contribution in [3.05, 3.63) is 23.8 Å². The number of ether oxygens (including phenoxy) is 1. The van der Waals surface area contributed by atoms with Crippen molar-refractivity contribution in [2.75, 3.05) is 11.1 Å². The summed E-state index contributed by atoms with van der Waals surface area (Å²) in [5.41, 5.74) is 7.30. The molecule has 18 heavy (non-hydrogen) atoms. The molecule has 1 amide bonds. The van der Waals surface area contributed by atoms with E-state index in [-0.39, 0.29) is 0 Å². The minimum absolute atomic E-state index is 0.385. The molecule has 0 atom stereocenters. The first-order valence-corrected chi connectivity index (χ1v) is 5.64. The van der Waals surface area contributed by atoms with Crippen molar-refractivity contribution in [2.24, 2.45) is 0 Å². The van der Waals surface area contributed by atoms with Gasteiger partial charge in [-0.15, -0.1) is 0 Å². The first kappa shape index (κ1) is 14.0. The lowest BCUT2D eigenvalue weighted by molar-refractivity contribution is 0.0636. The van der Waals surface area contributed by atoms with Gasteiger partial charge in [-0.25, -0.2) is 4.79 Å². The van der Waals surface area contributed by atoms with Crippen LogP contribution in [0, 0.1) is 5.41 Å². The van der Waals surface area contributed by atoms with E-state index in [1.807, 2.05) is 0 Å².